The van der Waals surface area contributed by atoms with E-state index in [1.807, 2.05) is 24.4 Å². The third kappa shape index (κ3) is 4.00. The van der Waals surface area contributed by atoms with Gasteiger partial charge in [-0.3, -0.25) is 9.47 Å². The third-order valence-corrected chi connectivity index (χ3v) is 6.35. The number of nitrogens with one attached hydrogen (secondary N) is 1. The minimum absolute atomic E-state index is 0.137. The third-order valence-electron chi connectivity index (χ3n) is 6.35. The van der Waals surface area contributed by atoms with Crippen LogP contribution in [0.3, 0.4) is 0 Å². The maximum absolute atomic E-state index is 11.9. The number of hydrogen-bond acceptors (Lipinski definition) is 9. The topological polar surface area (TPSA) is 118 Å². The van der Waals surface area contributed by atoms with Crippen LogP contribution >= 0.6 is 0 Å². The monoisotopic (exact) mass is 459 g/mol. The van der Waals surface area contributed by atoms with Gasteiger partial charge in [0.15, 0.2) is 0 Å². The van der Waals surface area contributed by atoms with Crippen LogP contribution in [0.2, 0.25) is 0 Å². The number of methoxy groups -OCH3 is 1. The molecule has 10 heteroatoms. The molecule has 0 aliphatic carbocycles. The van der Waals surface area contributed by atoms with Crippen molar-refractivity contribution in [1.29, 1.82) is 5.26 Å². The molecule has 10 nitrogen and oxygen atoms in total. The van der Waals surface area contributed by atoms with Crippen LogP contribution in [0.5, 0.6) is 5.88 Å². The van der Waals surface area contributed by atoms with Crippen LogP contribution in [0.1, 0.15) is 51.3 Å². The summed E-state index contributed by atoms with van der Waals surface area (Å²) in [5, 5.41) is 12.8. The number of carbonyl (C=O) groups is 1. The number of ether oxygens (including phenoxy) is 2. The lowest BCUT2D eigenvalue weighted by atomic mass is 9.92. The first-order valence-electron chi connectivity index (χ1n) is 11.1. The van der Waals surface area contributed by atoms with E-state index in [9.17, 15) is 4.79 Å². The van der Waals surface area contributed by atoms with Gasteiger partial charge in [-0.2, -0.15) is 10.2 Å². The van der Waals surface area contributed by atoms with E-state index in [-0.39, 0.29) is 29.5 Å². The predicted molar refractivity (Wildman–Crippen MR) is 121 cm³/mol. The second kappa shape index (κ2) is 8.85. The highest BCUT2D eigenvalue weighted by Crippen LogP contribution is 2.31. The first-order chi connectivity index (χ1) is 16.5. The van der Waals surface area contributed by atoms with E-state index in [1.165, 1.54) is 18.9 Å². The number of nitrogens with zero attached hydrogens (tertiary/aromatic N) is 6. The maximum Gasteiger partial charge on any atom is 0.338 e. The lowest BCUT2D eigenvalue weighted by molar-refractivity contribution is 0.0535. The first kappa shape index (κ1) is 22.0. The van der Waals surface area contributed by atoms with Gasteiger partial charge in [-0.05, 0) is 31.0 Å². The molecule has 2 aromatic heterocycles. The molecule has 0 radical (unpaired) electrons. The van der Waals surface area contributed by atoms with Gasteiger partial charge in [0.1, 0.15) is 24.6 Å². The van der Waals surface area contributed by atoms with Gasteiger partial charge < -0.3 is 14.8 Å². The van der Waals surface area contributed by atoms with Crippen molar-refractivity contribution in [2.24, 2.45) is 0 Å². The molecule has 2 aliphatic heterocycles. The number of piperazine rings is 1. The van der Waals surface area contributed by atoms with Crippen LogP contribution in [0.4, 0.5) is 0 Å². The van der Waals surface area contributed by atoms with E-state index in [4.69, 9.17) is 14.7 Å². The minimum Gasteiger partial charge on any atom is -0.480 e. The SMILES string of the molecule is COc1nc(-n2cnc(CN3C[C@@H](c4ccc5c(c4C)COC5=O)N[C@@H](C)C3)c2)ncc1C#N. The quantitative estimate of drug-likeness (QED) is 0.572. The molecule has 1 N–H and O–H groups in total. The summed E-state index contributed by atoms with van der Waals surface area (Å²) in [6.07, 6.45) is 5.01. The number of fused-ring (bicyclic) bond motifs is 1. The van der Waals surface area contributed by atoms with Gasteiger partial charge in [0.25, 0.3) is 0 Å². The molecule has 4 heterocycles. The number of aromatic nitrogens is 4. The normalized spacial score (nSPS) is 20.0. The highest BCUT2D eigenvalue weighted by molar-refractivity contribution is 5.94. The summed E-state index contributed by atoms with van der Waals surface area (Å²) >= 11 is 0. The number of imidazole rings is 1. The van der Waals surface area contributed by atoms with Gasteiger partial charge in [0, 0.05) is 43.5 Å². The molecule has 1 fully saturated rings. The number of cyclic esters (lactones) is 1. The van der Waals surface area contributed by atoms with Crippen molar-refractivity contribution in [2.75, 3.05) is 20.2 Å². The molecule has 34 heavy (non-hydrogen) atoms. The number of nitriles is 1. The zero-order valence-electron chi connectivity index (χ0n) is 19.3. The zero-order valence-corrected chi connectivity index (χ0v) is 19.3. The Morgan fingerprint density at radius 2 is 2.18 bits per heavy atom. The number of carbonyl (C=O) groups excluding carboxylic acids is 1. The van der Waals surface area contributed by atoms with Crippen LogP contribution in [0.25, 0.3) is 5.95 Å². The van der Waals surface area contributed by atoms with Gasteiger partial charge in [0.2, 0.25) is 11.8 Å². The summed E-state index contributed by atoms with van der Waals surface area (Å²) in [5.41, 5.74) is 5.15. The Morgan fingerprint density at radius 3 is 2.97 bits per heavy atom. The molecule has 2 atom stereocenters. The van der Waals surface area contributed by atoms with Crippen LogP contribution < -0.4 is 10.1 Å². The molecule has 1 aromatic carbocycles. The summed E-state index contributed by atoms with van der Waals surface area (Å²) < 4.78 is 12.1. The Bertz CT molecular complexity index is 1300. The molecule has 174 valence electrons. The van der Waals surface area contributed by atoms with Crippen LogP contribution in [0, 0.1) is 18.3 Å². The van der Waals surface area contributed by atoms with Crippen LogP contribution in [-0.4, -0.2) is 56.6 Å². The Labute approximate surface area is 197 Å². The second-order valence-corrected chi connectivity index (χ2v) is 8.67. The van der Waals surface area contributed by atoms with E-state index < -0.39 is 0 Å². The van der Waals surface area contributed by atoms with Crippen molar-refractivity contribution in [1.82, 2.24) is 29.7 Å². The minimum atomic E-state index is -0.240. The molecule has 1 saturated heterocycles. The van der Waals surface area contributed by atoms with Crippen molar-refractivity contribution < 1.29 is 14.3 Å². The van der Waals surface area contributed by atoms with Crippen molar-refractivity contribution in [2.45, 2.75) is 39.1 Å². The lowest BCUT2D eigenvalue weighted by Crippen LogP contribution is -2.50. The number of esters is 1. The van der Waals surface area contributed by atoms with E-state index in [1.54, 1.807) is 10.9 Å². The fraction of sp³-hybridized carbons (Fsp3) is 0.375. The molecule has 0 unspecified atom stereocenters. The number of hydrogen-bond donors (Lipinski definition) is 1. The lowest BCUT2D eigenvalue weighted by Gasteiger charge is -2.38. The van der Waals surface area contributed by atoms with Crippen LogP contribution in [-0.2, 0) is 17.9 Å². The first-order valence-corrected chi connectivity index (χ1v) is 11.1. The number of rotatable bonds is 5. The fourth-order valence-corrected chi connectivity index (χ4v) is 4.73. The van der Waals surface area contributed by atoms with Crippen molar-refractivity contribution in [3.05, 3.63) is 64.4 Å². The molecule has 0 spiro atoms. The predicted octanol–water partition coefficient (Wildman–Crippen LogP) is 2.06. The molecule has 3 aromatic rings. The Balaban J connectivity index is 1.33. The number of benzene rings is 1. The fourth-order valence-electron chi connectivity index (χ4n) is 4.73. The smallest absolute Gasteiger partial charge is 0.338 e. The van der Waals surface area contributed by atoms with Gasteiger partial charge in [0.05, 0.1) is 24.6 Å². The zero-order chi connectivity index (χ0) is 23.8. The van der Waals surface area contributed by atoms with Gasteiger partial charge in [-0.25, -0.2) is 14.8 Å². The highest BCUT2D eigenvalue weighted by atomic mass is 16.5. The summed E-state index contributed by atoms with van der Waals surface area (Å²) in [6.45, 7) is 6.95. The standard InChI is InChI=1S/C24H25N7O3/c1-14-8-30(11-21(28-14)18-4-5-19-20(15(18)2)12-34-23(19)32)9-17-10-31(13-27-17)24-26-7-16(6-25)22(29-24)33-3/h4-5,7,10,13-14,21,28H,8-9,11-12H2,1-3H3/t14-,21-/m0/s1. The largest absolute Gasteiger partial charge is 0.480 e. The van der Waals surface area contributed by atoms with E-state index in [2.05, 4.69) is 39.0 Å². The Kier molecular flexibility index (Phi) is 5.73. The summed E-state index contributed by atoms with van der Waals surface area (Å²) in [6, 6.07) is 6.36. The average molecular weight is 460 g/mol. The van der Waals surface area contributed by atoms with Gasteiger partial charge >= 0.3 is 5.97 Å². The van der Waals surface area contributed by atoms with E-state index in [0.29, 0.717) is 24.7 Å². The highest BCUT2D eigenvalue weighted by Gasteiger charge is 2.30. The van der Waals surface area contributed by atoms with E-state index >= 15 is 0 Å². The van der Waals surface area contributed by atoms with Crippen LogP contribution in [0.15, 0.2) is 30.9 Å². The van der Waals surface area contributed by atoms with E-state index in [0.717, 1.165) is 29.9 Å². The molecule has 0 saturated carbocycles. The molecule has 0 bridgehead atoms. The second-order valence-electron chi connectivity index (χ2n) is 8.67. The molecule has 0 amide bonds. The molecular weight excluding hydrogens is 434 g/mol. The maximum atomic E-state index is 11.9. The van der Waals surface area contributed by atoms with Crippen molar-refractivity contribution in [3.8, 4) is 17.9 Å². The Hall–Kier alpha value is -3.81. The summed E-state index contributed by atoms with van der Waals surface area (Å²) in [4.78, 5) is 27.4. The average Bonchev–Trinajstić information content (AvgIpc) is 3.45. The molecule has 5 rings (SSSR count). The van der Waals surface area contributed by atoms with Crippen molar-refractivity contribution >= 4 is 5.97 Å². The molecular formula is C24H25N7O3. The van der Waals surface area contributed by atoms with Crippen molar-refractivity contribution in [3.63, 3.8) is 0 Å². The van der Waals surface area contributed by atoms with Gasteiger partial charge in [-0.15, -0.1) is 0 Å². The summed E-state index contributed by atoms with van der Waals surface area (Å²) in [7, 11) is 1.47. The summed E-state index contributed by atoms with van der Waals surface area (Å²) in [5.74, 6) is 0.390. The Morgan fingerprint density at radius 1 is 1.32 bits per heavy atom. The molecule has 2 aliphatic rings. The van der Waals surface area contributed by atoms with Gasteiger partial charge in [-0.1, -0.05) is 6.07 Å².